The van der Waals surface area contributed by atoms with E-state index in [1.54, 1.807) is 37.4 Å². The predicted molar refractivity (Wildman–Crippen MR) is 141 cm³/mol. The van der Waals surface area contributed by atoms with Gasteiger partial charge in [0.25, 0.3) is 5.91 Å². The number of carbonyl (C=O) groups excluding carboxylic acids is 1. The largest absolute Gasteiger partial charge is 0.497 e. The average Bonchev–Trinajstić information content (AvgIpc) is 3.40. The van der Waals surface area contributed by atoms with E-state index in [2.05, 4.69) is 25.2 Å². The first-order valence-corrected chi connectivity index (χ1v) is 12.8. The molecule has 0 radical (unpaired) electrons. The number of nitrogens with zero attached hydrogens (tertiary/aromatic N) is 7. The molecule has 0 aliphatic carbocycles. The Morgan fingerprint density at radius 3 is 2.05 bits per heavy atom. The molecular weight excluding hydrogens is 490 g/mol. The van der Waals surface area contributed by atoms with Gasteiger partial charge in [-0.1, -0.05) is 17.0 Å². The third-order valence-corrected chi connectivity index (χ3v) is 7.05. The fourth-order valence-electron chi connectivity index (χ4n) is 4.13. The summed E-state index contributed by atoms with van der Waals surface area (Å²) < 4.78 is 12.2. The number of aromatic nitrogens is 5. The molecule has 10 nitrogen and oxygen atoms in total. The maximum Gasteiger partial charge on any atom is 0.276 e. The second-order valence-electron chi connectivity index (χ2n) is 8.29. The van der Waals surface area contributed by atoms with Crippen molar-refractivity contribution in [1.29, 1.82) is 0 Å². The molecule has 0 bridgehead atoms. The van der Waals surface area contributed by atoms with Gasteiger partial charge in [-0.15, -0.1) is 5.10 Å². The number of anilines is 1. The van der Waals surface area contributed by atoms with Crippen LogP contribution in [0.1, 0.15) is 16.2 Å². The smallest absolute Gasteiger partial charge is 0.276 e. The number of amides is 1. The van der Waals surface area contributed by atoms with Crippen LogP contribution in [-0.2, 0) is 5.75 Å². The Balaban J connectivity index is 1.35. The minimum atomic E-state index is -0.126. The highest BCUT2D eigenvalue weighted by Gasteiger charge is 2.28. The lowest BCUT2D eigenvalue weighted by Gasteiger charge is -2.36. The van der Waals surface area contributed by atoms with E-state index in [1.165, 1.54) is 11.8 Å². The van der Waals surface area contributed by atoms with Gasteiger partial charge in [0.1, 0.15) is 11.5 Å². The van der Waals surface area contributed by atoms with Crippen molar-refractivity contribution < 1.29 is 14.3 Å². The first-order chi connectivity index (χ1) is 18.2. The van der Waals surface area contributed by atoms with Gasteiger partial charge >= 0.3 is 0 Å². The number of benzene rings is 2. The van der Waals surface area contributed by atoms with Crippen molar-refractivity contribution in [2.24, 2.45) is 0 Å². The van der Waals surface area contributed by atoms with Crippen LogP contribution >= 0.6 is 11.8 Å². The summed E-state index contributed by atoms with van der Waals surface area (Å²) in [6, 6.07) is 17.2. The minimum Gasteiger partial charge on any atom is -0.497 e. The van der Waals surface area contributed by atoms with E-state index in [0.29, 0.717) is 35.4 Å². The Kier molecular flexibility index (Phi) is 7.50. The van der Waals surface area contributed by atoms with Crippen molar-refractivity contribution in [1.82, 2.24) is 29.9 Å². The van der Waals surface area contributed by atoms with Crippen LogP contribution in [0.2, 0.25) is 0 Å². The third kappa shape index (κ3) is 5.51. The van der Waals surface area contributed by atoms with Crippen LogP contribution in [0.25, 0.3) is 5.69 Å². The molecule has 190 valence electrons. The van der Waals surface area contributed by atoms with Crippen LogP contribution < -0.4 is 14.4 Å². The van der Waals surface area contributed by atoms with Crippen molar-refractivity contribution in [2.75, 3.05) is 45.3 Å². The van der Waals surface area contributed by atoms with Crippen LogP contribution in [0.3, 0.4) is 0 Å². The number of methoxy groups -OCH3 is 2. The monoisotopic (exact) mass is 517 g/mol. The first-order valence-electron chi connectivity index (χ1n) is 11.8. The van der Waals surface area contributed by atoms with E-state index in [4.69, 9.17) is 9.47 Å². The van der Waals surface area contributed by atoms with Crippen molar-refractivity contribution in [2.45, 2.75) is 10.9 Å². The summed E-state index contributed by atoms with van der Waals surface area (Å²) in [5.74, 6) is 1.88. The molecule has 1 fully saturated rings. The molecule has 1 aliphatic rings. The van der Waals surface area contributed by atoms with E-state index in [9.17, 15) is 4.79 Å². The zero-order valence-electron chi connectivity index (χ0n) is 20.6. The third-order valence-electron chi connectivity index (χ3n) is 6.17. The van der Waals surface area contributed by atoms with Crippen LogP contribution in [0, 0.1) is 0 Å². The van der Waals surface area contributed by atoms with Gasteiger partial charge in [-0.05, 0) is 54.6 Å². The Hall–Kier alpha value is -4.12. The maximum absolute atomic E-state index is 13.6. The lowest BCUT2D eigenvalue weighted by Crippen LogP contribution is -2.49. The van der Waals surface area contributed by atoms with Crippen LogP contribution in [0.4, 0.5) is 5.69 Å². The van der Waals surface area contributed by atoms with Crippen LogP contribution in [-0.4, -0.2) is 76.2 Å². The second-order valence-corrected chi connectivity index (χ2v) is 9.23. The Morgan fingerprint density at radius 1 is 0.865 bits per heavy atom. The van der Waals surface area contributed by atoms with Gasteiger partial charge in [-0.2, -0.15) is 0 Å². The normalized spacial score (nSPS) is 13.5. The molecule has 0 spiro atoms. The van der Waals surface area contributed by atoms with E-state index in [-0.39, 0.29) is 5.91 Å². The van der Waals surface area contributed by atoms with Gasteiger partial charge in [0.05, 0.1) is 25.6 Å². The number of hydrogen-bond acceptors (Lipinski definition) is 9. The van der Waals surface area contributed by atoms with Gasteiger partial charge in [-0.25, -0.2) is 14.6 Å². The zero-order chi connectivity index (χ0) is 25.6. The summed E-state index contributed by atoms with van der Waals surface area (Å²) in [6.07, 6.45) is 3.39. The second kappa shape index (κ2) is 11.3. The quantitative estimate of drug-likeness (QED) is 0.257. The fourth-order valence-corrected chi connectivity index (χ4v) is 4.93. The Bertz CT molecular complexity index is 1320. The summed E-state index contributed by atoms with van der Waals surface area (Å²) in [5, 5.41) is 9.30. The lowest BCUT2D eigenvalue weighted by molar-refractivity contribution is 0.0740. The summed E-state index contributed by atoms with van der Waals surface area (Å²) in [6.45, 7) is 2.64. The minimum absolute atomic E-state index is 0.126. The zero-order valence-corrected chi connectivity index (χ0v) is 21.5. The number of thioether (sulfide) groups is 1. The van der Waals surface area contributed by atoms with Gasteiger partial charge in [-0.3, -0.25) is 4.79 Å². The molecule has 0 N–H and O–H groups in total. The van der Waals surface area contributed by atoms with Gasteiger partial charge in [0.15, 0.2) is 10.9 Å². The SMILES string of the molecule is COc1ccc(N2CCN(C(=O)c3nnn(-c4ccc(OC)cc4)c3CSc3ncccn3)CC2)cc1. The summed E-state index contributed by atoms with van der Waals surface area (Å²) in [7, 11) is 3.28. The summed E-state index contributed by atoms with van der Waals surface area (Å²) in [4.78, 5) is 26.3. The molecular formula is C26H27N7O3S. The molecule has 3 heterocycles. The van der Waals surface area contributed by atoms with Crippen LogP contribution in [0.5, 0.6) is 11.5 Å². The number of piperazine rings is 1. The number of rotatable bonds is 8. The number of hydrogen-bond donors (Lipinski definition) is 0. The number of carbonyl (C=O) groups is 1. The molecule has 4 aromatic rings. The van der Waals surface area contributed by atoms with Gasteiger partial charge in [0, 0.05) is 50.0 Å². The molecule has 0 atom stereocenters. The Morgan fingerprint density at radius 2 is 1.46 bits per heavy atom. The molecule has 2 aromatic carbocycles. The lowest BCUT2D eigenvalue weighted by atomic mass is 10.2. The Labute approximate surface area is 219 Å². The van der Waals surface area contributed by atoms with Crippen LogP contribution in [0.15, 0.2) is 72.1 Å². The molecule has 1 aliphatic heterocycles. The van der Waals surface area contributed by atoms with E-state index >= 15 is 0 Å². The highest BCUT2D eigenvalue weighted by atomic mass is 32.2. The topological polar surface area (TPSA) is 98.5 Å². The summed E-state index contributed by atoms with van der Waals surface area (Å²) in [5.41, 5.74) is 2.95. The van der Waals surface area contributed by atoms with Crippen molar-refractivity contribution in [3.05, 3.63) is 78.4 Å². The standard InChI is InChI=1S/C26H27N7O3S/c1-35-21-8-4-19(5-9-21)31-14-16-32(17-15-31)25(34)24-23(18-37-26-27-12-3-13-28-26)33(30-29-24)20-6-10-22(36-2)11-7-20/h3-13H,14-18H2,1-2H3. The van der Waals surface area contributed by atoms with Gasteiger partial charge in [0.2, 0.25) is 0 Å². The van der Waals surface area contributed by atoms with Crippen molar-refractivity contribution >= 4 is 23.4 Å². The summed E-state index contributed by atoms with van der Waals surface area (Å²) >= 11 is 1.44. The van der Waals surface area contributed by atoms with Gasteiger partial charge < -0.3 is 19.3 Å². The first kappa shape index (κ1) is 24.6. The highest BCUT2D eigenvalue weighted by Crippen LogP contribution is 2.26. The van der Waals surface area contributed by atoms with E-state index in [1.807, 2.05) is 53.4 Å². The average molecular weight is 518 g/mol. The molecule has 11 heteroatoms. The van der Waals surface area contributed by atoms with E-state index < -0.39 is 0 Å². The predicted octanol–water partition coefficient (Wildman–Crippen LogP) is 3.33. The van der Waals surface area contributed by atoms with E-state index in [0.717, 1.165) is 36.0 Å². The molecule has 2 aromatic heterocycles. The molecule has 1 amide bonds. The fraction of sp³-hybridized carbons (Fsp3) is 0.269. The molecule has 0 unspecified atom stereocenters. The highest BCUT2D eigenvalue weighted by molar-refractivity contribution is 7.98. The maximum atomic E-state index is 13.6. The van der Waals surface area contributed by atoms with Crippen molar-refractivity contribution in [3.8, 4) is 17.2 Å². The number of ether oxygens (including phenoxy) is 2. The van der Waals surface area contributed by atoms with Crippen molar-refractivity contribution in [3.63, 3.8) is 0 Å². The molecule has 5 rings (SSSR count). The molecule has 1 saturated heterocycles. The molecule has 0 saturated carbocycles. The molecule has 37 heavy (non-hydrogen) atoms.